The van der Waals surface area contributed by atoms with Gasteiger partial charge in [0.15, 0.2) is 12.3 Å². The number of anilines is 1. The first kappa shape index (κ1) is 24.6. The van der Waals surface area contributed by atoms with Crippen LogP contribution in [-0.4, -0.2) is 53.0 Å². The van der Waals surface area contributed by atoms with Crippen molar-refractivity contribution >= 4 is 29.5 Å². The molecule has 9 heteroatoms. The van der Waals surface area contributed by atoms with Crippen LogP contribution in [0.25, 0.3) is 0 Å². The summed E-state index contributed by atoms with van der Waals surface area (Å²) in [5, 5.41) is 12.7. The van der Waals surface area contributed by atoms with E-state index in [9.17, 15) is 24.3 Å². The highest BCUT2D eigenvalue weighted by Crippen LogP contribution is 2.76. The van der Waals surface area contributed by atoms with Crippen molar-refractivity contribution in [3.63, 3.8) is 0 Å². The molecule has 2 aromatic rings. The monoisotopic (exact) mass is 519 g/mol. The largest absolute Gasteiger partial charge is 0.461 e. The lowest BCUT2D eigenvalue weighted by molar-refractivity contribution is -0.204. The second kappa shape index (κ2) is 7.66. The van der Waals surface area contributed by atoms with Gasteiger partial charge in [-0.1, -0.05) is 51.1 Å². The van der Waals surface area contributed by atoms with Gasteiger partial charge < -0.3 is 19.3 Å². The highest BCUT2D eigenvalue weighted by atomic mass is 16.6. The molecule has 3 heterocycles. The third kappa shape index (κ3) is 2.74. The molecule has 0 unspecified atom stereocenters. The minimum absolute atomic E-state index is 0.109. The number of esters is 3. The Morgan fingerprint density at radius 2 is 1.76 bits per heavy atom. The van der Waals surface area contributed by atoms with E-state index in [1.54, 1.807) is 69.3 Å². The van der Waals surface area contributed by atoms with Gasteiger partial charge in [-0.15, -0.1) is 0 Å². The molecule has 0 aromatic heterocycles. The third-order valence-electron chi connectivity index (χ3n) is 8.99. The summed E-state index contributed by atoms with van der Waals surface area (Å²) in [6, 6.07) is 15.2. The smallest absolute Gasteiger partial charge is 0.338 e. The van der Waals surface area contributed by atoms with Gasteiger partial charge in [0, 0.05) is 12.1 Å². The number of aliphatic hydroxyl groups is 1. The van der Waals surface area contributed by atoms with Gasteiger partial charge in [0.2, 0.25) is 0 Å². The Bertz CT molecular complexity index is 1380. The van der Waals surface area contributed by atoms with Gasteiger partial charge in [0.05, 0.1) is 17.6 Å². The van der Waals surface area contributed by atoms with Crippen molar-refractivity contribution in [1.82, 2.24) is 0 Å². The fourth-order valence-corrected chi connectivity index (χ4v) is 7.31. The van der Waals surface area contributed by atoms with Gasteiger partial charge in [-0.05, 0) is 42.2 Å². The molecule has 6 rings (SSSR count). The van der Waals surface area contributed by atoms with Crippen molar-refractivity contribution in [3.05, 3.63) is 65.7 Å². The Morgan fingerprint density at radius 3 is 2.42 bits per heavy atom. The number of aryl methyl sites for hydroxylation is 1. The number of hydrogen-bond acceptors (Lipinski definition) is 8. The second-order valence-corrected chi connectivity index (χ2v) is 11.8. The van der Waals surface area contributed by atoms with Gasteiger partial charge in [0.25, 0.3) is 5.91 Å². The maximum absolute atomic E-state index is 14.3. The molecule has 1 N–H and O–H groups in total. The third-order valence-corrected chi connectivity index (χ3v) is 8.99. The van der Waals surface area contributed by atoms with Crippen LogP contribution in [0.4, 0.5) is 5.69 Å². The maximum Gasteiger partial charge on any atom is 0.338 e. The number of carbonyl (C=O) groups is 4. The SMILES string of the molecule is Cc1cccc(N2C(=O)[C@H](OC(=O)c3ccccc3)[C@@]34[C@@H]2OC(=O)[C@@]32CC(=O)O[C@H]2C[C@@]4(O)C(C)(C)C)c1. The number of amides is 1. The molecule has 3 saturated heterocycles. The van der Waals surface area contributed by atoms with E-state index in [1.807, 2.05) is 13.0 Å². The summed E-state index contributed by atoms with van der Waals surface area (Å²) in [6.45, 7) is 7.21. The molecule has 1 saturated carbocycles. The normalized spacial score (nSPS) is 35.4. The van der Waals surface area contributed by atoms with Crippen molar-refractivity contribution in [1.29, 1.82) is 0 Å². The molecule has 2 aromatic carbocycles. The standard InChI is InChI=1S/C29H29NO8/c1-16-9-8-12-18(13-16)30-22(32)21(37-23(33)17-10-6-5-7-11-17)29-24(30)38-25(34)27(29)15-20(31)36-19(27)14-28(29,35)26(2,3)4/h5-13,19,21,24,35H,14-15H2,1-4H3/t19-,21-,24-,27-,28+,29+/m0/s1. The quantitative estimate of drug-likeness (QED) is 0.486. The van der Waals surface area contributed by atoms with Gasteiger partial charge in [0.1, 0.15) is 16.9 Å². The summed E-state index contributed by atoms with van der Waals surface area (Å²) in [5.74, 6) is -2.80. The van der Waals surface area contributed by atoms with Crippen LogP contribution in [0.3, 0.4) is 0 Å². The Balaban J connectivity index is 1.62. The van der Waals surface area contributed by atoms with Crippen LogP contribution < -0.4 is 4.90 Å². The predicted octanol–water partition coefficient (Wildman–Crippen LogP) is 2.92. The van der Waals surface area contributed by atoms with Crippen molar-refractivity contribution in [2.45, 2.75) is 64.6 Å². The van der Waals surface area contributed by atoms with Gasteiger partial charge in [-0.2, -0.15) is 0 Å². The minimum atomic E-state index is -1.82. The molecule has 9 nitrogen and oxygen atoms in total. The zero-order valence-corrected chi connectivity index (χ0v) is 21.6. The van der Waals surface area contributed by atoms with Crippen LogP contribution in [0.15, 0.2) is 54.6 Å². The predicted molar refractivity (Wildman–Crippen MR) is 133 cm³/mol. The Morgan fingerprint density at radius 1 is 1.05 bits per heavy atom. The summed E-state index contributed by atoms with van der Waals surface area (Å²) >= 11 is 0. The van der Waals surface area contributed by atoms with Crippen LogP contribution in [0.1, 0.15) is 49.5 Å². The lowest BCUT2D eigenvalue weighted by atomic mass is 9.52. The lowest BCUT2D eigenvalue weighted by Crippen LogP contribution is -2.66. The molecule has 1 amide bonds. The molecular weight excluding hydrogens is 490 g/mol. The van der Waals surface area contributed by atoms with Crippen LogP contribution in [-0.2, 0) is 28.6 Å². The molecule has 198 valence electrons. The van der Waals surface area contributed by atoms with E-state index in [4.69, 9.17) is 14.2 Å². The van der Waals surface area contributed by atoms with Gasteiger partial charge in [-0.3, -0.25) is 19.3 Å². The van der Waals surface area contributed by atoms with E-state index < -0.39 is 64.1 Å². The number of rotatable bonds is 3. The fraction of sp³-hybridized carbons (Fsp3) is 0.448. The van der Waals surface area contributed by atoms with E-state index in [0.717, 1.165) is 5.56 Å². The van der Waals surface area contributed by atoms with Crippen LogP contribution in [0, 0.1) is 23.2 Å². The Kier molecular flexibility index (Phi) is 4.96. The minimum Gasteiger partial charge on any atom is -0.461 e. The summed E-state index contributed by atoms with van der Waals surface area (Å²) in [4.78, 5) is 55.6. The highest BCUT2D eigenvalue weighted by molar-refractivity contribution is 6.07. The number of carbonyl (C=O) groups excluding carboxylic acids is 4. The van der Waals surface area contributed by atoms with Crippen molar-refractivity contribution in [2.75, 3.05) is 4.90 Å². The van der Waals surface area contributed by atoms with Crippen molar-refractivity contribution < 1.29 is 38.5 Å². The Labute approximate surface area is 219 Å². The van der Waals surface area contributed by atoms with E-state index >= 15 is 0 Å². The van der Waals surface area contributed by atoms with Gasteiger partial charge >= 0.3 is 17.9 Å². The molecule has 4 fully saturated rings. The average molecular weight is 520 g/mol. The zero-order chi connectivity index (χ0) is 27.3. The van der Waals surface area contributed by atoms with E-state index in [-0.39, 0.29) is 18.4 Å². The van der Waals surface area contributed by atoms with E-state index in [0.29, 0.717) is 5.69 Å². The van der Waals surface area contributed by atoms with Crippen LogP contribution in [0.2, 0.25) is 0 Å². The Hall–Kier alpha value is -3.72. The van der Waals surface area contributed by atoms with Crippen molar-refractivity contribution in [3.8, 4) is 0 Å². The van der Waals surface area contributed by atoms with Crippen LogP contribution in [0.5, 0.6) is 0 Å². The lowest BCUT2D eigenvalue weighted by Gasteiger charge is -2.51. The molecule has 0 bridgehead atoms. The highest BCUT2D eigenvalue weighted by Gasteiger charge is 2.93. The van der Waals surface area contributed by atoms with Crippen LogP contribution >= 0.6 is 0 Å². The molecule has 3 aliphatic heterocycles. The molecule has 4 aliphatic rings. The van der Waals surface area contributed by atoms with Crippen molar-refractivity contribution in [2.24, 2.45) is 16.2 Å². The maximum atomic E-state index is 14.3. The van der Waals surface area contributed by atoms with E-state index in [2.05, 4.69) is 0 Å². The zero-order valence-electron chi connectivity index (χ0n) is 21.6. The average Bonchev–Trinajstić information content (AvgIpc) is 3.46. The molecule has 1 aliphatic carbocycles. The summed E-state index contributed by atoms with van der Waals surface area (Å²) < 4.78 is 17.6. The number of benzene rings is 2. The van der Waals surface area contributed by atoms with E-state index in [1.165, 1.54) is 4.90 Å². The summed E-state index contributed by atoms with van der Waals surface area (Å²) in [5.41, 5.74) is -4.81. The number of ether oxygens (including phenoxy) is 3. The van der Waals surface area contributed by atoms with Gasteiger partial charge in [-0.25, -0.2) is 4.79 Å². The first-order valence-corrected chi connectivity index (χ1v) is 12.7. The summed E-state index contributed by atoms with van der Waals surface area (Å²) in [7, 11) is 0. The molecule has 0 radical (unpaired) electrons. The number of hydrogen-bond donors (Lipinski definition) is 1. The number of nitrogens with zero attached hydrogens (tertiary/aromatic N) is 1. The molecule has 6 atom stereocenters. The summed E-state index contributed by atoms with van der Waals surface area (Å²) in [6.07, 6.45) is -4.50. The molecule has 2 spiro atoms. The fourth-order valence-electron chi connectivity index (χ4n) is 7.31. The topological polar surface area (TPSA) is 119 Å². The first-order chi connectivity index (χ1) is 17.9. The molecular formula is C29H29NO8. The second-order valence-electron chi connectivity index (χ2n) is 11.8. The first-order valence-electron chi connectivity index (χ1n) is 12.7. The molecule has 38 heavy (non-hydrogen) atoms.